The first-order chi connectivity index (χ1) is 8.79. The fourth-order valence-electron chi connectivity index (χ4n) is 2.65. The Morgan fingerprint density at radius 1 is 1.39 bits per heavy atom. The highest BCUT2D eigenvalue weighted by atomic mass is 16.5. The average molecular weight is 250 g/mol. The van der Waals surface area contributed by atoms with Crippen LogP contribution in [0.5, 0.6) is 5.75 Å². The van der Waals surface area contributed by atoms with Crippen molar-refractivity contribution in [2.45, 2.75) is 32.1 Å². The number of ether oxygens (including phenoxy) is 1. The normalized spacial score (nSPS) is 18.3. The number of anilines is 1. The molecule has 1 aromatic rings. The molecule has 2 N–H and O–H groups in total. The van der Waals surface area contributed by atoms with Crippen LogP contribution in [0, 0.1) is 5.41 Å². The van der Waals surface area contributed by atoms with Gasteiger partial charge in [0.15, 0.2) is 11.6 Å². The number of hydrogen-bond donors (Lipinski definition) is 2. The Morgan fingerprint density at radius 2 is 2.17 bits per heavy atom. The van der Waals surface area contributed by atoms with Crippen LogP contribution in [-0.4, -0.2) is 30.4 Å². The second-order valence-corrected chi connectivity index (χ2v) is 5.13. The summed E-state index contributed by atoms with van der Waals surface area (Å²) in [5, 5.41) is 13.0. The minimum Gasteiger partial charge on any atom is -0.493 e. The molecule has 1 saturated carbocycles. The first kappa shape index (κ1) is 13.1. The fourth-order valence-corrected chi connectivity index (χ4v) is 2.65. The molecule has 4 heteroatoms. The smallest absolute Gasteiger partial charge is 0.168 e. The summed E-state index contributed by atoms with van der Waals surface area (Å²) in [6.07, 6.45) is 7.63. The molecule has 0 amide bonds. The number of aromatic nitrogens is 1. The summed E-state index contributed by atoms with van der Waals surface area (Å²) in [6, 6.07) is 3.74. The molecule has 0 aliphatic heterocycles. The van der Waals surface area contributed by atoms with Gasteiger partial charge in [-0.15, -0.1) is 0 Å². The number of nitrogens with zero attached hydrogens (tertiary/aromatic N) is 1. The maximum atomic E-state index is 9.65. The lowest BCUT2D eigenvalue weighted by molar-refractivity contribution is 0.0942. The number of nitrogens with one attached hydrogen (secondary N) is 1. The SMILES string of the molecule is COc1cccnc1NCC1(CO)CCCCC1. The molecule has 1 heterocycles. The van der Waals surface area contributed by atoms with E-state index in [1.807, 2.05) is 12.1 Å². The number of hydrogen-bond acceptors (Lipinski definition) is 4. The minimum atomic E-state index is 0.0147. The van der Waals surface area contributed by atoms with Crippen LogP contribution >= 0.6 is 0 Å². The summed E-state index contributed by atoms with van der Waals surface area (Å²) in [5.74, 6) is 1.51. The molecular weight excluding hydrogens is 228 g/mol. The van der Waals surface area contributed by atoms with Gasteiger partial charge in [-0.2, -0.15) is 0 Å². The lowest BCUT2D eigenvalue weighted by atomic mass is 9.74. The number of pyridine rings is 1. The topological polar surface area (TPSA) is 54.4 Å². The number of rotatable bonds is 5. The predicted octanol–water partition coefficient (Wildman–Crippen LogP) is 2.44. The maximum Gasteiger partial charge on any atom is 0.168 e. The number of methoxy groups -OCH3 is 1. The van der Waals surface area contributed by atoms with Crippen LogP contribution in [0.3, 0.4) is 0 Å². The molecular formula is C14H22N2O2. The molecule has 1 fully saturated rings. The van der Waals surface area contributed by atoms with Crippen LogP contribution in [0.4, 0.5) is 5.82 Å². The van der Waals surface area contributed by atoms with Crippen molar-refractivity contribution >= 4 is 5.82 Å². The lowest BCUT2D eigenvalue weighted by Gasteiger charge is -2.35. The summed E-state index contributed by atoms with van der Waals surface area (Å²) < 4.78 is 5.26. The fraction of sp³-hybridized carbons (Fsp3) is 0.643. The van der Waals surface area contributed by atoms with E-state index in [9.17, 15) is 5.11 Å². The maximum absolute atomic E-state index is 9.65. The van der Waals surface area contributed by atoms with Gasteiger partial charge in [-0.25, -0.2) is 4.98 Å². The molecule has 0 bridgehead atoms. The van der Waals surface area contributed by atoms with Crippen LogP contribution in [0.25, 0.3) is 0 Å². The Bertz CT molecular complexity index is 376. The molecule has 0 saturated heterocycles. The zero-order chi connectivity index (χ0) is 12.8. The van der Waals surface area contributed by atoms with Gasteiger partial charge in [0.2, 0.25) is 0 Å². The van der Waals surface area contributed by atoms with Crippen molar-refractivity contribution in [1.29, 1.82) is 0 Å². The molecule has 0 radical (unpaired) electrons. The van der Waals surface area contributed by atoms with Crippen molar-refractivity contribution < 1.29 is 9.84 Å². The average Bonchev–Trinajstić information content (AvgIpc) is 2.46. The van der Waals surface area contributed by atoms with Crippen molar-refractivity contribution in [3.63, 3.8) is 0 Å². The molecule has 0 atom stereocenters. The Morgan fingerprint density at radius 3 is 2.83 bits per heavy atom. The van der Waals surface area contributed by atoms with E-state index in [1.165, 1.54) is 19.3 Å². The summed E-state index contributed by atoms with van der Waals surface area (Å²) in [5.41, 5.74) is 0.0147. The van der Waals surface area contributed by atoms with E-state index in [-0.39, 0.29) is 12.0 Å². The second-order valence-electron chi connectivity index (χ2n) is 5.13. The highest BCUT2D eigenvalue weighted by Gasteiger charge is 2.31. The second kappa shape index (κ2) is 6.05. The zero-order valence-electron chi connectivity index (χ0n) is 11.0. The predicted molar refractivity (Wildman–Crippen MR) is 71.9 cm³/mol. The lowest BCUT2D eigenvalue weighted by Crippen LogP contribution is -2.35. The number of aliphatic hydroxyl groups excluding tert-OH is 1. The molecule has 0 spiro atoms. The first-order valence-electron chi connectivity index (χ1n) is 6.63. The van der Waals surface area contributed by atoms with Gasteiger partial charge in [-0.05, 0) is 25.0 Å². The highest BCUT2D eigenvalue weighted by Crippen LogP contribution is 2.36. The van der Waals surface area contributed by atoms with Gasteiger partial charge in [0, 0.05) is 18.2 Å². The van der Waals surface area contributed by atoms with Gasteiger partial charge in [-0.1, -0.05) is 19.3 Å². The van der Waals surface area contributed by atoms with Crippen LogP contribution in [0.1, 0.15) is 32.1 Å². The van der Waals surface area contributed by atoms with E-state index in [2.05, 4.69) is 10.3 Å². The summed E-state index contributed by atoms with van der Waals surface area (Å²) >= 11 is 0. The van der Waals surface area contributed by atoms with E-state index in [0.29, 0.717) is 0 Å². The van der Waals surface area contributed by atoms with Crippen LogP contribution < -0.4 is 10.1 Å². The molecule has 1 aliphatic carbocycles. The number of aliphatic hydroxyl groups is 1. The van der Waals surface area contributed by atoms with E-state index < -0.39 is 0 Å². The van der Waals surface area contributed by atoms with E-state index >= 15 is 0 Å². The van der Waals surface area contributed by atoms with Gasteiger partial charge in [0.1, 0.15) is 0 Å². The van der Waals surface area contributed by atoms with Gasteiger partial charge < -0.3 is 15.2 Å². The molecule has 0 aromatic carbocycles. The first-order valence-corrected chi connectivity index (χ1v) is 6.63. The molecule has 1 aromatic heterocycles. The van der Waals surface area contributed by atoms with Gasteiger partial charge >= 0.3 is 0 Å². The van der Waals surface area contributed by atoms with Crippen molar-refractivity contribution in [1.82, 2.24) is 4.98 Å². The molecule has 2 rings (SSSR count). The van der Waals surface area contributed by atoms with Gasteiger partial charge in [-0.3, -0.25) is 0 Å². The van der Waals surface area contributed by atoms with Crippen molar-refractivity contribution in [3.8, 4) is 5.75 Å². The van der Waals surface area contributed by atoms with Crippen LogP contribution in [0.15, 0.2) is 18.3 Å². The third-order valence-corrected chi connectivity index (χ3v) is 3.87. The summed E-state index contributed by atoms with van der Waals surface area (Å²) in [6.45, 7) is 1.01. The Balaban J connectivity index is 2.01. The Labute approximate surface area is 108 Å². The molecule has 0 unspecified atom stereocenters. The molecule has 4 nitrogen and oxygen atoms in total. The third kappa shape index (κ3) is 2.93. The quantitative estimate of drug-likeness (QED) is 0.842. The highest BCUT2D eigenvalue weighted by molar-refractivity contribution is 5.49. The summed E-state index contributed by atoms with van der Waals surface area (Å²) in [7, 11) is 1.64. The standard InChI is InChI=1S/C14H22N2O2/c1-18-12-6-5-9-15-13(12)16-10-14(11-17)7-3-2-4-8-14/h5-6,9,17H,2-4,7-8,10-11H2,1H3,(H,15,16). The van der Waals surface area contributed by atoms with E-state index in [1.54, 1.807) is 13.3 Å². The third-order valence-electron chi connectivity index (χ3n) is 3.87. The molecule has 100 valence electrons. The van der Waals surface area contributed by atoms with E-state index in [0.717, 1.165) is 31.0 Å². The molecule has 18 heavy (non-hydrogen) atoms. The van der Waals surface area contributed by atoms with Gasteiger partial charge in [0.25, 0.3) is 0 Å². The Kier molecular flexibility index (Phi) is 4.42. The van der Waals surface area contributed by atoms with Crippen molar-refractivity contribution in [2.75, 3.05) is 25.6 Å². The van der Waals surface area contributed by atoms with E-state index in [4.69, 9.17) is 4.74 Å². The van der Waals surface area contributed by atoms with Crippen molar-refractivity contribution in [3.05, 3.63) is 18.3 Å². The zero-order valence-corrected chi connectivity index (χ0v) is 11.0. The Hall–Kier alpha value is -1.29. The molecule has 1 aliphatic rings. The van der Waals surface area contributed by atoms with Gasteiger partial charge in [0.05, 0.1) is 13.7 Å². The monoisotopic (exact) mass is 250 g/mol. The van der Waals surface area contributed by atoms with Crippen LogP contribution in [0.2, 0.25) is 0 Å². The van der Waals surface area contributed by atoms with Crippen molar-refractivity contribution in [2.24, 2.45) is 5.41 Å². The summed E-state index contributed by atoms with van der Waals surface area (Å²) in [4.78, 5) is 4.28. The minimum absolute atomic E-state index is 0.0147. The van der Waals surface area contributed by atoms with Crippen LogP contribution in [-0.2, 0) is 0 Å². The largest absolute Gasteiger partial charge is 0.493 e.